The molecule has 0 saturated heterocycles. The molecule has 1 unspecified atom stereocenters. The van der Waals surface area contributed by atoms with Crippen LogP contribution in [0.5, 0.6) is 0 Å². The van der Waals surface area contributed by atoms with E-state index in [1.165, 1.54) is 0 Å². The molecule has 0 spiro atoms. The first-order valence-corrected chi connectivity index (χ1v) is 6.68. The average Bonchev–Trinajstić information content (AvgIpc) is 2.16. The Morgan fingerprint density at radius 1 is 1.40 bits per heavy atom. The number of rotatable bonds is 8. The van der Waals surface area contributed by atoms with Gasteiger partial charge in [-0.1, -0.05) is 20.8 Å². The molecule has 0 saturated carbocycles. The van der Waals surface area contributed by atoms with Gasteiger partial charge in [0.2, 0.25) is 0 Å². The number of ether oxygens (including phenoxy) is 1. The molecule has 4 heteroatoms. The summed E-state index contributed by atoms with van der Waals surface area (Å²) in [4.78, 5) is 11.5. The largest absolute Gasteiger partial charge is 0.465 e. The number of esters is 1. The summed E-state index contributed by atoms with van der Waals surface area (Å²) >= 11 is 1.87. The van der Waals surface area contributed by atoms with Crippen LogP contribution in [0.2, 0.25) is 0 Å². The van der Waals surface area contributed by atoms with E-state index in [0.717, 1.165) is 18.7 Å². The number of hydrogen-bond acceptors (Lipinski definition) is 4. The Kier molecular flexibility index (Phi) is 8.91. The molecule has 1 atom stereocenters. The van der Waals surface area contributed by atoms with Crippen LogP contribution in [0.1, 0.15) is 34.1 Å². The summed E-state index contributed by atoms with van der Waals surface area (Å²) in [6.07, 6.45) is 0.843. The minimum absolute atomic E-state index is 0.122. The predicted molar refractivity (Wildman–Crippen MR) is 66.3 cm³/mol. The highest BCUT2D eigenvalue weighted by atomic mass is 32.2. The Morgan fingerprint density at radius 2 is 2.07 bits per heavy atom. The molecule has 1 N–H and O–H groups in total. The molecule has 0 aromatic rings. The Labute approximate surface area is 97.3 Å². The van der Waals surface area contributed by atoms with E-state index in [2.05, 4.69) is 19.2 Å². The van der Waals surface area contributed by atoms with E-state index >= 15 is 0 Å². The van der Waals surface area contributed by atoms with Gasteiger partial charge in [-0.15, -0.1) is 0 Å². The van der Waals surface area contributed by atoms with Crippen LogP contribution in [-0.2, 0) is 9.53 Å². The zero-order valence-electron chi connectivity index (χ0n) is 10.2. The molecular weight excluding hydrogens is 210 g/mol. The van der Waals surface area contributed by atoms with Crippen LogP contribution in [0, 0.1) is 0 Å². The van der Waals surface area contributed by atoms with Gasteiger partial charge in [0.15, 0.2) is 0 Å². The second kappa shape index (κ2) is 9.04. The Bertz CT molecular complexity index is 174. The quantitative estimate of drug-likeness (QED) is 0.651. The van der Waals surface area contributed by atoms with Crippen molar-refractivity contribution in [2.75, 3.05) is 18.9 Å². The summed E-state index contributed by atoms with van der Waals surface area (Å²) in [5, 5.41) is 3.77. The molecular formula is C11H23NO2S. The number of thioether (sulfide) groups is 1. The third-order valence-corrected chi connectivity index (χ3v) is 3.02. The normalized spacial score (nSPS) is 12.9. The maximum Gasteiger partial charge on any atom is 0.323 e. The summed E-state index contributed by atoms with van der Waals surface area (Å²) in [5.41, 5.74) is 0. The zero-order chi connectivity index (χ0) is 11.7. The molecule has 0 bridgehead atoms. The molecule has 3 nitrogen and oxygen atoms in total. The van der Waals surface area contributed by atoms with Gasteiger partial charge in [-0.3, -0.25) is 4.79 Å². The first kappa shape index (κ1) is 14.8. The second-order valence-electron chi connectivity index (χ2n) is 3.57. The molecule has 0 heterocycles. The van der Waals surface area contributed by atoms with Crippen molar-refractivity contribution in [2.45, 2.75) is 45.4 Å². The van der Waals surface area contributed by atoms with E-state index in [0.29, 0.717) is 11.9 Å². The lowest BCUT2D eigenvalue weighted by Crippen LogP contribution is -2.38. The van der Waals surface area contributed by atoms with Gasteiger partial charge in [0.05, 0.1) is 6.61 Å². The van der Waals surface area contributed by atoms with Crippen LogP contribution in [0.3, 0.4) is 0 Å². The number of nitrogens with one attached hydrogen (secondary N) is 1. The first-order valence-electron chi connectivity index (χ1n) is 5.63. The highest BCUT2D eigenvalue weighted by Crippen LogP contribution is 2.12. The summed E-state index contributed by atoms with van der Waals surface area (Å²) in [6, 6.07) is -0.138. The van der Waals surface area contributed by atoms with Crippen molar-refractivity contribution in [3.8, 4) is 0 Å². The van der Waals surface area contributed by atoms with Gasteiger partial charge in [0, 0.05) is 0 Å². The standard InChI is InChI=1S/C11H23NO2S/c1-5-12-10(11(13)14-6-2)7-8-15-9(3)4/h9-10,12H,5-8H2,1-4H3. The van der Waals surface area contributed by atoms with Crippen LogP contribution in [0.25, 0.3) is 0 Å². The fraction of sp³-hybridized carbons (Fsp3) is 0.909. The number of hydrogen-bond donors (Lipinski definition) is 1. The minimum Gasteiger partial charge on any atom is -0.465 e. The topological polar surface area (TPSA) is 38.3 Å². The highest BCUT2D eigenvalue weighted by Gasteiger charge is 2.17. The van der Waals surface area contributed by atoms with E-state index in [-0.39, 0.29) is 12.0 Å². The van der Waals surface area contributed by atoms with E-state index in [1.807, 2.05) is 25.6 Å². The number of carbonyl (C=O) groups excluding carboxylic acids is 1. The Hall–Kier alpha value is -0.220. The maximum atomic E-state index is 11.5. The van der Waals surface area contributed by atoms with Crippen molar-refractivity contribution < 1.29 is 9.53 Å². The van der Waals surface area contributed by atoms with Gasteiger partial charge in [-0.05, 0) is 30.9 Å². The molecule has 0 aliphatic rings. The Balaban J connectivity index is 3.87. The van der Waals surface area contributed by atoms with Crippen molar-refractivity contribution >= 4 is 17.7 Å². The van der Waals surface area contributed by atoms with Crippen molar-refractivity contribution in [1.29, 1.82) is 0 Å². The van der Waals surface area contributed by atoms with Crippen LogP contribution in [0.15, 0.2) is 0 Å². The average molecular weight is 233 g/mol. The predicted octanol–water partition coefficient (Wildman–Crippen LogP) is 2.06. The van der Waals surface area contributed by atoms with Gasteiger partial charge in [-0.2, -0.15) is 11.8 Å². The number of carbonyl (C=O) groups is 1. The zero-order valence-corrected chi connectivity index (χ0v) is 11.0. The molecule has 90 valence electrons. The van der Waals surface area contributed by atoms with Gasteiger partial charge in [-0.25, -0.2) is 0 Å². The molecule has 0 amide bonds. The van der Waals surface area contributed by atoms with Gasteiger partial charge >= 0.3 is 5.97 Å². The molecule has 0 aliphatic heterocycles. The van der Waals surface area contributed by atoms with E-state index in [9.17, 15) is 4.79 Å². The lowest BCUT2D eigenvalue weighted by Gasteiger charge is -2.16. The van der Waals surface area contributed by atoms with Gasteiger partial charge in [0.25, 0.3) is 0 Å². The molecule has 0 fully saturated rings. The van der Waals surface area contributed by atoms with Gasteiger partial charge < -0.3 is 10.1 Å². The van der Waals surface area contributed by atoms with Crippen LogP contribution < -0.4 is 5.32 Å². The monoisotopic (exact) mass is 233 g/mol. The highest BCUT2D eigenvalue weighted by molar-refractivity contribution is 7.99. The molecule has 0 aromatic heterocycles. The fourth-order valence-electron chi connectivity index (χ4n) is 1.21. The SMILES string of the molecule is CCNC(CCSC(C)C)C(=O)OCC. The summed E-state index contributed by atoms with van der Waals surface area (Å²) in [6.45, 7) is 9.42. The van der Waals surface area contributed by atoms with Crippen LogP contribution in [0.4, 0.5) is 0 Å². The molecule has 0 rings (SSSR count). The maximum absolute atomic E-state index is 11.5. The molecule has 0 aromatic carbocycles. The molecule has 0 radical (unpaired) electrons. The minimum atomic E-state index is -0.138. The second-order valence-corrected chi connectivity index (χ2v) is 5.25. The summed E-state index contributed by atoms with van der Waals surface area (Å²) < 4.78 is 5.00. The van der Waals surface area contributed by atoms with E-state index in [4.69, 9.17) is 4.74 Å². The smallest absolute Gasteiger partial charge is 0.323 e. The Morgan fingerprint density at radius 3 is 2.53 bits per heavy atom. The lowest BCUT2D eigenvalue weighted by atomic mass is 10.2. The van der Waals surface area contributed by atoms with E-state index < -0.39 is 0 Å². The summed E-state index contributed by atoms with van der Waals surface area (Å²) in [7, 11) is 0. The first-order chi connectivity index (χ1) is 7.11. The lowest BCUT2D eigenvalue weighted by molar-refractivity contribution is -0.145. The van der Waals surface area contributed by atoms with Crippen molar-refractivity contribution in [1.82, 2.24) is 5.32 Å². The third-order valence-electron chi connectivity index (χ3n) is 1.88. The number of likely N-dealkylation sites (N-methyl/N-ethyl adjacent to an activating group) is 1. The van der Waals surface area contributed by atoms with Crippen LogP contribution in [-0.4, -0.2) is 36.2 Å². The molecule has 0 aliphatic carbocycles. The van der Waals surface area contributed by atoms with Crippen molar-refractivity contribution in [3.05, 3.63) is 0 Å². The third kappa shape index (κ3) is 7.68. The van der Waals surface area contributed by atoms with Crippen molar-refractivity contribution in [2.24, 2.45) is 0 Å². The van der Waals surface area contributed by atoms with Crippen molar-refractivity contribution in [3.63, 3.8) is 0 Å². The molecule has 15 heavy (non-hydrogen) atoms. The van der Waals surface area contributed by atoms with E-state index in [1.54, 1.807) is 0 Å². The summed E-state index contributed by atoms with van der Waals surface area (Å²) in [5.74, 6) is 0.873. The van der Waals surface area contributed by atoms with Crippen LogP contribution >= 0.6 is 11.8 Å². The fourth-order valence-corrected chi connectivity index (χ4v) is 2.06. The van der Waals surface area contributed by atoms with Gasteiger partial charge in [0.1, 0.15) is 6.04 Å².